The number of likely N-dealkylation sites (tertiary alicyclic amines) is 1. The van der Waals surface area contributed by atoms with Crippen molar-refractivity contribution in [2.45, 2.75) is 51.4 Å². The Morgan fingerprint density at radius 1 is 1.06 bits per heavy atom. The van der Waals surface area contributed by atoms with Crippen molar-refractivity contribution in [1.82, 2.24) is 15.5 Å². The maximum Gasteiger partial charge on any atom is 0.222 e. The maximum absolute atomic E-state index is 12.5. The van der Waals surface area contributed by atoms with Gasteiger partial charge in [0.25, 0.3) is 0 Å². The lowest BCUT2D eigenvalue weighted by Crippen LogP contribution is -2.35. The van der Waals surface area contributed by atoms with Gasteiger partial charge in [0.2, 0.25) is 11.8 Å². The van der Waals surface area contributed by atoms with Crippen molar-refractivity contribution in [2.75, 3.05) is 20.2 Å². The summed E-state index contributed by atoms with van der Waals surface area (Å²) in [6.07, 6.45) is 1.66. The smallest absolute Gasteiger partial charge is 0.222 e. The minimum Gasteiger partial charge on any atom is -0.497 e. The molecule has 1 atom stereocenters. The number of hydrogen-bond donors (Lipinski definition) is 3. The van der Waals surface area contributed by atoms with Crippen LogP contribution in [0, 0.1) is 0 Å². The molecule has 1 unspecified atom stereocenters. The van der Waals surface area contributed by atoms with E-state index in [1.54, 1.807) is 7.11 Å². The van der Waals surface area contributed by atoms with E-state index in [0.29, 0.717) is 6.54 Å². The topological polar surface area (TPSA) is 90.9 Å². The monoisotopic (exact) mass is 439 g/mol. The van der Waals surface area contributed by atoms with Crippen LogP contribution in [0.1, 0.15) is 48.9 Å². The first-order valence-electron chi connectivity index (χ1n) is 11.1. The molecule has 2 aromatic rings. The maximum atomic E-state index is 12.5. The molecule has 0 bridgehead atoms. The van der Waals surface area contributed by atoms with E-state index in [9.17, 15) is 14.7 Å². The van der Waals surface area contributed by atoms with Crippen LogP contribution in [0.4, 0.5) is 0 Å². The number of carbonyl (C=O) groups excluding carboxylic acids is 2. The van der Waals surface area contributed by atoms with Gasteiger partial charge in [-0.1, -0.05) is 36.4 Å². The molecule has 0 spiro atoms. The van der Waals surface area contributed by atoms with E-state index in [-0.39, 0.29) is 24.3 Å². The summed E-state index contributed by atoms with van der Waals surface area (Å²) in [6.45, 7) is 4.59. The van der Waals surface area contributed by atoms with Crippen molar-refractivity contribution in [3.8, 4) is 5.75 Å². The van der Waals surface area contributed by atoms with Crippen LogP contribution in [0.5, 0.6) is 5.75 Å². The van der Waals surface area contributed by atoms with Crippen molar-refractivity contribution in [1.29, 1.82) is 0 Å². The van der Waals surface area contributed by atoms with Crippen molar-refractivity contribution in [3.63, 3.8) is 0 Å². The highest BCUT2D eigenvalue weighted by molar-refractivity contribution is 5.79. The summed E-state index contributed by atoms with van der Waals surface area (Å²) in [5.74, 6) is 0.411. The zero-order chi connectivity index (χ0) is 22.9. The van der Waals surface area contributed by atoms with Gasteiger partial charge in [-0.25, -0.2) is 0 Å². The predicted octanol–water partition coefficient (Wildman–Crippen LogP) is 2.54. The highest BCUT2D eigenvalue weighted by atomic mass is 16.5. The Balaban J connectivity index is 1.50. The van der Waals surface area contributed by atoms with Crippen molar-refractivity contribution in [2.24, 2.45) is 0 Å². The van der Waals surface area contributed by atoms with Gasteiger partial charge in [-0.05, 0) is 41.7 Å². The number of piperidine rings is 1. The summed E-state index contributed by atoms with van der Waals surface area (Å²) in [4.78, 5) is 26.5. The lowest BCUT2D eigenvalue weighted by atomic mass is 10.0. The first-order chi connectivity index (χ1) is 15.4. The lowest BCUT2D eigenvalue weighted by Gasteiger charge is -2.29. The van der Waals surface area contributed by atoms with E-state index in [4.69, 9.17) is 4.74 Å². The third-order valence-corrected chi connectivity index (χ3v) is 5.76. The van der Waals surface area contributed by atoms with Gasteiger partial charge in [0.15, 0.2) is 0 Å². The van der Waals surface area contributed by atoms with Crippen molar-refractivity contribution < 1.29 is 19.4 Å². The number of hydrogen-bond acceptors (Lipinski definition) is 5. The molecule has 1 heterocycles. The van der Waals surface area contributed by atoms with Gasteiger partial charge < -0.3 is 20.5 Å². The fourth-order valence-electron chi connectivity index (χ4n) is 3.89. The van der Waals surface area contributed by atoms with Crippen LogP contribution >= 0.6 is 0 Å². The van der Waals surface area contributed by atoms with Gasteiger partial charge in [0.1, 0.15) is 5.75 Å². The Bertz CT molecular complexity index is 875. The molecule has 7 nitrogen and oxygen atoms in total. The second-order valence-corrected chi connectivity index (χ2v) is 8.33. The molecule has 2 amide bonds. The number of carbonyl (C=O) groups is 2. The van der Waals surface area contributed by atoms with Crippen molar-refractivity contribution >= 4 is 11.8 Å². The molecule has 0 radical (unpaired) electrons. The fraction of sp³-hybridized carbons (Fsp3) is 0.440. The summed E-state index contributed by atoms with van der Waals surface area (Å²) >= 11 is 0. The molecule has 0 aliphatic carbocycles. The van der Waals surface area contributed by atoms with Gasteiger partial charge in [-0.2, -0.15) is 0 Å². The molecule has 1 aliphatic heterocycles. The SMILES string of the molecule is COc1ccc(C(CC(=O)NCc2ccc(CN3CCC(O)CC3)cc2)NC(C)=O)cc1. The summed E-state index contributed by atoms with van der Waals surface area (Å²) < 4.78 is 5.17. The van der Waals surface area contributed by atoms with Crippen molar-refractivity contribution in [3.05, 3.63) is 65.2 Å². The number of aliphatic hydroxyl groups is 1. The van der Waals surface area contributed by atoms with Gasteiger partial charge in [0.05, 0.1) is 25.7 Å². The van der Waals surface area contributed by atoms with Crippen LogP contribution in [0.25, 0.3) is 0 Å². The summed E-state index contributed by atoms with van der Waals surface area (Å²) in [7, 11) is 1.60. The minimum absolute atomic E-state index is 0.129. The minimum atomic E-state index is -0.399. The molecule has 172 valence electrons. The Kier molecular flexibility index (Phi) is 8.64. The molecule has 2 aromatic carbocycles. The zero-order valence-corrected chi connectivity index (χ0v) is 18.8. The Labute approximate surface area is 189 Å². The number of rotatable bonds is 9. The number of benzene rings is 2. The molecule has 1 saturated heterocycles. The number of amides is 2. The van der Waals surface area contributed by atoms with E-state index in [1.807, 2.05) is 36.4 Å². The molecule has 3 N–H and O–H groups in total. The average Bonchev–Trinajstić information content (AvgIpc) is 2.79. The molecule has 1 aliphatic rings. The zero-order valence-electron chi connectivity index (χ0n) is 18.8. The predicted molar refractivity (Wildman–Crippen MR) is 123 cm³/mol. The van der Waals surface area contributed by atoms with E-state index in [1.165, 1.54) is 12.5 Å². The first kappa shape index (κ1) is 23.8. The molecule has 32 heavy (non-hydrogen) atoms. The molecule has 0 aromatic heterocycles. The normalized spacial score (nSPS) is 15.7. The van der Waals surface area contributed by atoms with Gasteiger partial charge >= 0.3 is 0 Å². The highest BCUT2D eigenvalue weighted by Crippen LogP contribution is 2.20. The Morgan fingerprint density at radius 2 is 1.69 bits per heavy atom. The lowest BCUT2D eigenvalue weighted by molar-refractivity contribution is -0.122. The average molecular weight is 440 g/mol. The van der Waals surface area contributed by atoms with Crippen LogP contribution in [0.2, 0.25) is 0 Å². The second-order valence-electron chi connectivity index (χ2n) is 8.33. The van der Waals surface area contributed by atoms with E-state index in [2.05, 4.69) is 27.7 Å². The molecular formula is C25H33N3O4. The summed E-state index contributed by atoms with van der Waals surface area (Å²) in [5, 5.41) is 15.4. The first-order valence-corrected chi connectivity index (χ1v) is 11.1. The Morgan fingerprint density at radius 3 is 2.28 bits per heavy atom. The van der Waals surface area contributed by atoms with Crippen LogP contribution < -0.4 is 15.4 Å². The standard InChI is InChI=1S/C25H33N3O4/c1-18(29)27-24(21-7-9-23(32-2)10-8-21)15-25(31)26-16-19-3-5-20(6-4-19)17-28-13-11-22(30)12-14-28/h3-10,22,24,30H,11-17H2,1-2H3,(H,26,31)(H,27,29). The largest absolute Gasteiger partial charge is 0.497 e. The molecule has 0 saturated carbocycles. The Hall–Kier alpha value is -2.90. The summed E-state index contributed by atoms with van der Waals surface area (Å²) in [6, 6.07) is 15.2. The number of methoxy groups -OCH3 is 1. The number of aliphatic hydroxyl groups excluding tert-OH is 1. The molecule has 1 fully saturated rings. The van der Waals surface area contributed by atoms with Gasteiger partial charge in [-0.3, -0.25) is 14.5 Å². The van der Waals surface area contributed by atoms with Crippen LogP contribution in [0.15, 0.2) is 48.5 Å². The molecule has 7 heteroatoms. The summed E-state index contributed by atoms with van der Waals surface area (Å²) in [5.41, 5.74) is 3.10. The van der Waals surface area contributed by atoms with E-state index in [0.717, 1.165) is 49.4 Å². The van der Waals surface area contributed by atoms with Crippen LogP contribution in [0.3, 0.4) is 0 Å². The van der Waals surface area contributed by atoms with E-state index >= 15 is 0 Å². The fourth-order valence-corrected chi connectivity index (χ4v) is 3.89. The van der Waals surface area contributed by atoms with Crippen LogP contribution in [-0.2, 0) is 22.7 Å². The quantitative estimate of drug-likeness (QED) is 0.559. The number of nitrogens with one attached hydrogen (secondary N) is 2. The third-order valence-electron chi connectivity index (χ3n) is 5.76. The second kappa shape index (κ2) is 11.6. The van der Waals surface area contributed by atoms with E-state index < -0.39 is 6.04 Å². The third kappa shape index (κ3) is 7.35. The van der Waals surface area contributed by atoms with Gasteiger partial charge in [0, 0.05) is 33.1 Å². The number of ether oxygens (including phenoxy) is 1. The highest BCUT2D eigenvalue weighted by Gasteiger charge is 2.18. The molecular weight excluding hydrogens is 406 g/mol. The molecule has 3 rings (SSSR count). The van der Waals surface area contributed by atoms with Crippen LogP contribution in [-0.4, -0.2) is 48.1 Å². The van der Waals surface area contributed by atoms with Gasteiger partial charge in [-0.15, -0.1) is 0 Å². The number of nitrogens with zero attached hydrogens (tertiary/aromatic N) is 1.